The second-order valence-electron chi connectivity index (χ2n) is 11.3. The predicted octanol–water partition coefficient (Wildman–Crippen LogP) is 5.67. The summed E-state index contributed by atoms with van der Waals surface area (Å²) in [5.74, 6) is 1.26. The van der Waals surface area contributed by atoms with E-state index in [0.29, 0.717) is 18.7 Å². The molecule has 2 fully saturated rings. The summed E-state index contributed by atoms with van der Waals surface area (Å²) >= 11 is 0. The zero-order chi connectivity index (χ0) is 28.3. The molecule has 3 aromatic carbocycles. The van der Waals surface area contributed by atoms with E-state index in [4.69, 9.17) is 9.47 Å². The Hall–Kier alpha value is -4.00. The molecule has 1 saturated heterocycles. The maximum atomic E-state index is 14.6. The van der Waals surface area contributed by atoms with E-state index in [-0.39, 0.29) is 23.9 Å². The van der Waals surface area contributed by atoms with Gasteiger partial charge in [0.2, 0.25) is 5.91 Å². The summed E-state index contributed by atoms with van der Waals surface area (Å²) in [7, 11) is 3.35. The predicted molar refractivity (Wildman–Crippen MR) is 160 cm³/mol. The number of methoxy groups -OCH3 is 2. The second kappa shape index (κ2) is 11.9. The van der Waals surface area contributed by atoms with Crippen molar-refractivity contribution in [1.29, 1.82) is 0 Å². The minimum atomic E-state index is -0.475. The molecule has 7 heteroatoms. The molecule has 0 spiro atoms. The summed E-state index contributed by atoms with van der Waals surface area (Å²) in [6.07, 6.45) is 5.35. The van der Waals surface area contributed by atoms with Crippen molar-refractivity contribution < 1.29 is 19.1 Å². The van der Waals surface area contributed by atoms with Crippen LogP contribution in [0.3, 0.4) is 0 Å². The van der Waals surface area contributed by atoms with Crippen LogP contribution in [0.5, 0.6) is 11.5 Å². The van der Waals surface area contributed by atoms with Crippen LogP contribution in [0.4, 0.5) is 5.69 Å². The van der Waals surface area contributed by atoms with E-state index in [1.165, 1.54) is 6.42 Å². The van der Waals surface area contributed by atoms with Crippen molar-refractivity contribution in [2.24, 2.45) is 0 Å². The Morgan fingerprint density at radius 2 is 1.46 bits per heavy atom. The number of amides is 2. The van der Waals surface area contributed by atoms with E-state index in [9.17, 15) is 9.59 Å². The van der Waals surface area contributed by atoms with Gasteiger partial charge in [0, 0.05) is 37.8 Å². The van der Waals surface area contributed by atoms with Crippen LogP contribution in [-0.4, -0.2) is 68.1 Å². The molecule has 0 N–H and O–H groups in total. The quantitative estimate of drug-likeness (QED) is 0.394. The highest BCUT2D eigenvalue weighted by molar-refractivity contribution is 6.01. The summed E-state index contributed by atoms with van der Waals surface area (Å²) < 4.78 is 11.0. The molecule has 2 atom stereocenters. The van der Waals surface area contributed by atoms with Gasteiger partial charge in [-0.15, -0.1) is 0 Å². The highest BCUT2D eigenvalue weighted by Crippen LogP contribution is 2.47. The fourth-order valence-corrected chi connectivity index (χ4v) is 6.99. The minimum Gasteiger partial charge on any atom is -0.497 e. The lowest BCUT2D eigenvalue weighted by atomic mass is 9.77. The fourth-order valence-electron chi connectivity index (χ4n) is 6.99. The van der Waals surface area contributed by atoms with Gasteiger partial charge in [-0.1, -0.05) is 61.7 Å². The lowest BCUT2D eigenvalue weighted by molar-refractivity contribution is -0.135. The molecule has 2 aliphatic heterocycles. The van der Waals surface area contributed by atoms with Gasteiger partial charge in [0.15, 0.2) is 0 Å². The molecule has 2 amide bonds. The molecule has 0 aromatic heterocycles. The third-order valence-electron chi connectivity index (χ3n) is 9.08. The topological polar surface area (TPSA) is 62.3 Å². The number of carbonyl (C=O) groups is 2. The van der Waals surface area contributed by atoms with Crippen LogP contribution in [0.2, 0.25) is 0 Å². The number of carbonyl (C=O) groups excluding carboxylic acids is 2. The SMILES string of the molecule is COc1ccc(C2C(C(=O)N3CCN(c4ccccc4OC)CC3)c3ccccc3C(=O)N2C2CCCCC2)cc1. The van der Waals surface area contributed by atoms with Crippen molar-refractivity contribution in [1.82, 2.24) is 9.80 Å². The zero-order valence-corrected chi connectivity index (χ0v) is 24.0. The van der Waals surface area contributed by atoms with Crippen molar-refractivity contribution in [3.05, 3.63) is 89.5 Å². The molecule has 214 valence electrons. The molecule has 41 heavy (non-hydrogen) atoms. The lowest BCUT2D eigenvalue weighted by Gasteiger charge is -2.48. The van der Waals surface area contributed by atoms with E-state index in [1.807, 2.05) is 71.6 Å². The first-order valence-electron chi connectivity index (χ1n) is 14.8. The van der Waals surface area contributed by atoms with Gasteiger partial charge in [0.25, 0.3) is 5.91 Å². The van der Waals surface area contributed by atoms with E-state index in [2.05, 4.69) is 15.9 Å². The number of piperazine rings is 1. The largest absolute Gasteiger partial charge is 0.497 e. The first-order chi connectivity index (χ1) is 20.1. The Balaban J connectivity index is 1.36. The van der Waals surface area contributed by atoms with Crippen LogP contribution in [0.15, 0.2) is 72.8 Å². The summed E-state index contributed by atoms with van der Waals surface area (Å²) in [5, 5.41) is 0. The number of hydrogen-bond acceptors (Lipinski definition) is 5. The molecular weight excluding hydrogens is 514 g/mol. The third kappa shape index (κ3) is 5.14. The lowest BCUT2D eigenvalue weighted by Crippen LogP contribution is -2.55. The number of ether oxygens (including phenoxy) is 2. The highest BCUT2D eigenvalue weighted by atomic mass is 16.5. The van der Waals surface area contributed by atoms with Gasteiger partial charge in [-0.2, -0.15) is 0 Å². The normalized spacial score (nSPS) is 21.4. The third-order valence-corrected chi connectivity index (χ3v) is 9.08. The highest BCUT2D eigenvalue weighted by Gasteiger charge is 2.48. The van der Waals surface area contributed by atoms with Crippen LogP contribution < -0.4 is 14.4 Å². The maximum absolute atomic E-state index is 14.6. The number of hydrogen-bond donors (Lipinski definition) is 0. The van der Waals surface area contributed by atoms with E-state index >= 15 is 0 Å². The Bertz CT molecular complexity index is 1380. The van der Waals surface area contributed by atoms with Gasteiger partial charge < -0.3 is 24.2 Å². The maximum Gasteiger partial charge on any atom is 0.254 e. The van der Waals surface area contributed by atoms with Crippen LogP contribution in [0.1, 0.15) is 65.5 Å². The molecule has 6 rings (SSSR count). The van der Waals surface area contributed by atoms with Crippen LogP contribution >= 0.6 is 0 Å². The van der Waals surface area contributed by atoms with Crippen molar-refractivity contribution >= 4 is 17.5 Å². The zero-order valence-electron chi connectivity index (χ0n) is 24.0. The fraction of sp³-hybridized carbons (Fsp3) is 0.412. The minimum absolute atomic E-state index is 0.0401. The number of fused-ring (bicyclic) bond motifs is 1. The number of anilines is 1. The summed E-state index contributed by atoms with van der Waals surface area (Å²) in [6, 6.07) is 23.5. The Kier molecular flexibility index (Phi) is 7.86. The van der Waals surface area contributed by atoms with Crippen molar-refractivity contribution in [3.63, 3.8) is 0 Å². The van der Waals surface area contributed by atoms with E-state index in [0.717, 1.165) is 67.1 Å². The summed E-state index contributed by atoms with van der Waals surface area (Å²) in [6.45, 7) is 2.67. The van der Waals surface area contributed by atoms with Crippen LogP contribution in [0.25, 0.3) is 0 Å². The number of rotatable bonds is 6. The van der Waals surface area contributed by atoms with Gasteiger partial charge >= 0.3 is 0 Å². The smallest absolute Gasteiger partial charge is 0.254 e. The molecule has 2 unspecified atom stereocenters. The van der Waals surface area contributed by atoms with Crippen molar-refractivity contribution in [3.8, 4) is 11.5 Å². The molecular formula is C34H39N3O4. The molecule has 2 heterocycles. The molecule has 1 saturated carbocycles. The van der Waals surface area contributed by atoms with E-state index in [1.54, 1.807) is 14.2 Å². The van der Waals surface area contributed by atoms with Crippen LogP contribution in [0, 0.1) is 0 Å². The van der Waals surface area contributed by atoms with Gasteiger partial charge in [-0.3, -0.25) is 9.59 Å². The summed E-state index contributed by atoms with van der Waals surface area (Å²) in [4.78, 5) is 35.2. The van der Waals surface area contributed by atoms with E-state index < -0.39 is 5.92 Å². The summed E-state index contributed by atoms with van der Waals surface area (Å²) in [5.41, 5.74) is 3.52. The molecule has 0 radical (unpaired) electrons. The number of benzene rings is 3. The molecule has 0 bridgehead atoms. The molecule has 3 aromatic rings. The standard InChI is InChI=1S/C34H39N3O4/c1-40-26-18-16-24(17-19-26)32-31(27-12-6-7-13-28(27)33(38)37(32)25-10-4-3-5-11-25)34(39)36-22-20-35(21-23-36)29-14-8-9-15-30(29)41-2/h6-9,12-19,25,31-32H,3-5,10-11,20-23H2,1-2H3. The average molecular weight is 554 g/mol. The van der Waals surface area contributed by atoms with Crippen molar-refractivity contribution in [2.75, 3.05) is 45.3 Å². The number of nitrogens with zero attached hydrogens (tertiary/aromatic N) is 3. The molecule has 7 nitrogen and oxygen atoms in total. The van der Waals surface area contributed by atoms with Crippen LogP contribution in [-0.2, 0) is 4.79 Å². The average Bonchev–Trinajstić information content (AvgIpc) is 3.05. The molecule has 1 aliphatic carbocycles. The monoisotopic (exact) mass is 553 g/mol. The second-order valence-corrected chi connectivity index (χ2v) is 11.3. The van der Waals surface area contributed by atoms with Gasteiger partial charge in [-0.25, -0.2) is 0 Å². The first kappa shape index (κ1) is 27.2. The Labute approximate surface area is 242 Å². The van der Waals surface area contributed by atoms with Gasteiger partial charge in [0.05, 0.1) is 31.9 Å². The van der Waals surface area contributed by atoms with Gasteiger partial charge in [-0.05, 0) is 54.3 Å². The van der Waals surface area contributed by atoms with Gasteiger partial charge in [0.1, 0.15) is 11.5 Å². The van der Waals surface area contributed by atoms with Crippen molar-refractivity contribution in [2.45, 2.75) is 50.1 Å². The first-order valence-corrected chi connectivity index (χ1v) is 14.8. The Morgan fingerprint density at radius 1 is 0.780 bits per heavy atom. The molecule has 3 aliphatic rings. The number of para-hydroxylation sites is 2. The Morgan fingerprint density at radius 3 is 2.17 bits per heavy atom.